The van der Waals surface area contributed by atoms with Crippen LogP contribution in [0, 0.1) is 0 Å². The van der Waals surface area contributed by atoms with Crippen LogP contribution in [0.1, 0.15) is 11.1 Å². The molecule has 0 saturated carbocycles. The van der Waals surface area contributed by atoms with Crippen molar-refractivity contribution < 1.29 is 0 Å². The monoisotopic (exact) mass is 298 g/mol. The molecule has 0 atom stereocenters. The number of aromatic nitrogens is 2. The molecule has 4 nitrogen and oxygen atoms in total. The zero-order chi connectivity index (χ0) is 14.7. The van der Waals surface area contributed by atoms with Gasteiger partial charge in [0.05, 0.1) is 10.2 Å². The van der Waals surface area contributed by atoms with E-state index in [4.69, 9.17) is 5.73 Å². The molecule has 0 amide bonds. The first-order valence-electron chi connectivity index (χ1n) is 6.93. The molecule has 108 valence electrons. The minimum Gasteiger partial charge on any atom is -0.375 e. The van der Waals surface area contributed by atoms with E-state index >= 15 is 0 Å². The molecule has 2 N–H and O–H groups in total. The van der Waals surface area contributed by atoms with E-state index in [2.05, 4.69) is 46.2 Å². The molecular weight excluding hydrogens is 280 g/mol. The lowest BCUT2D eigenvalue weighted by Gasteiger charge is -2.16. The maximum absolute atomic E-state index is 5.75. The molecule has 0 aliphatic carbocycles. The highest BCUT2D eigenvalue weighted by atomic mass is 32.1. The number of thiazole rings is 1. The van der Waals surface area contributed by atoms with Gasteiger partial charge in [-0.25, -0.2) is 4.98 Å². The lowest BCUT2D eigenvalue weighted by Crippen LogP contribution is -2.20. The van der Waals surface area contributed by atoms with Gasteiger partial charge in [0.25, 0.3) is 0 Å². The lowest BCUT2D eigenvalue weighted by atomic mass is 10.1. The summed E-state index contributed by atoms with van der Waals surface area (Å²) in [5, 5.41) is 0.633. The predicted octanol–water partition coefficient (Wildman–Crippen LogP) is 2.95. The number of benzene rings is 1. The maximum Gasteiger partial charge on any atom is 0.181 e. The zero-order valence-corrected chi connectivity index (χ0v) is 12.8. The number of pyridine rings is 1. The Bertz CT molecular complexity index is 723. The molecule has 3 aromatic rings. The van der Waals surface area contributed by atoms with E-state index in [1.165, 1.54) is 11.1 Å². The second-order valence-corrected chi connectivity index (χ2v) is 6.26. The van der Waals surface area contributed by atoms with E-state index in [0.29, 0.717) is 5.13 Å². The number of fused-ring (bicyclic) bond motifs is 1. The van der Waals surface area contributed by atoms with Gasteiger partial charge < -0.3 is 10.6 Å². The topological polar surface area (TPSA) is 55.0 Å². The quantitative estimate of drug-likeness (QED) is 0.787. The highest BCUT2D eigenvalue weighted by molar-refractivity contribution is 7.22. The Morgan fingerprint density at radius 2 is 1.95 bits per heavy atom. The third-order valence-electron chi connectivity index (χ3n) is 3.45. The highest BCUT2D eigenvalue weighted by Gasteiger charge is 2.05. The summed E-state index contributed by atoms with van der Waals surface area (Å²) in [7, 11) is 2.15. The van der Waals surface area contributed by atoms with E-state index < -0.39 is 0 Å². The zero-order valence-electron chi connectivity index (χ0n) is 12.0. The Balaban J connectivity index is 1.61. The second kappa shape index (κ2) is 6.20. The molecule has 1 aromatic carbocycles. The molecule has 5 heteroatoms. The van der Waals surface area contributed by atoms with Gasteiger partial charge in [-0.15, -0.1) is 0 Å². The van der Waals surface area contributed by atoms with Crippen LogP contribution >= 0.6 is 11.3 Å². The average Bonchev–Trinajstić information content (AvgIpc) is 2.85. The van der Waals surface area contributed by atoms with Gasteiger partial charge in [0.15, 0.2) is 5.13 Å². The largest absolute Gasteiger partial charge is 0.375 e. The number of anilines is 1. The van der Waals surface area contributed by atoms with Gasteiger partial charge in [-0.2, -0.15) is 0 Å². The van der Waals surface area contributed by atoms with E-state index in [1.54, 1.807) is 11.3 Å². The third kappa shape index (κ3) is 3.56. The molecule has 3 rings (SSSR count). The molecule has 21 heavy (non-hydrogen) atoms. The molecule has 0 unspecified atom stereocenters. The summed E-state index contributed by atoms with van der Waals surface area (Å²) >= 11 is 1.54. The number of likely N-dealkylation sites (N-methyl/N-ethyl adjacent to an activating group) is 1. The fraction of sp³-hybridized carbons (Fsp3) is 0.250. The molecule has 2 aromatic heterocycles. The van der Waals surface area contributed by atoms with Crippen LogP contribution in [0.2, 0.25) is 0 Å². The van der Waals surface area contributed by atoms with Crippen molar-refractivity contribution in [2.24, 2.45) is 0 Å². The van der Waals surface area contributed by atoms with E-state index in [0.717, 1.165) is 29.7 Å². The van der Waals surface area contributed by atoms with Crippen LogP contribution in [0.25, 0.3) is 10.2 Å². The first kappa shape index (κ1) is 14.0. The van der Waals surface area contributed by atoms with Crippen molar-refractivity contribution in [3.8, 4) is 0 Å². The molecule has 0 saturated heterocycles. The Labute approximate surface area is 128 Å². The van der Waals surface area contributed by atoms with Gasteiger partial charge in [0, 0.05) is 25.5 Å². The van der Waals surface area contributed by atoms with Crippen molar-refractivity contribution in [3.63, 3.8) is 0 Å². The van der Waals surface area contributed by atoms with Crippen LogP contribution in [0.3, 0.4) is 0 Å². The van der Waals surface area contributed by atoms with Crippen LogP contribution in [-0.4, -0.2) is 28.5 Å². The summed E-state index contributed by atoms with van der Waals surface area (Å²) in [4.78, 5) is 10.7. The van der Waals surface area contributed by atoms with Gasteiger partial charge >= 0.3 is 0 Å². The summed E-state index contributed by atoms with van der Waals surface area (Å²) in [6.07, 6.45) is 4.73. The summed E-state index contributed by atoms with van der Waals surface area (Å²) in [6.45, 7) is 1.95. The number of hydrogen-bond acceptors (Lipinski definition) is 5. The van der Waals surface area contributed by atoms with Crippen LogP contribution in [-0.2, 0) is 13.0 Å². The molecule has 0 fully saturated rings. The Morgan fingerprint density at radius 1 is 1.14 bits per heavy atom. The summed E-state index contributed by atoms with van der Waals surface area (Å²) in [5.41, 5.74) is 9.35. The summed E-state index contributed by atoms with van der Waals surface area (Å²) in [5.74, 6) is 0. The third-order valence-corrected chi connectivity index (χ3v) is 4.30. The van der Waals surface area contributed by atoms with Crippen molar-refractivity contribution in [1.82, 2.24) is 14.9 Å². The van der Waals surface area contributed by atoms with Crippen LogP contribution in [0.4, 0.5) is 5.13 Å². The van der Waals surface area contributed by atoms with Crippen LogP contribution in [0.5, 0.6) is 0 Å². The van der Waals surface area contributed by atoms with Gasteiger partial charge in [-0.05, 0) is 48.9 Å². The SMILES string of the molecule is CN(CCc1ccncc1)Cc1ccc2nc(N)sc2c1. The lowest BCUT2D eigenvalue weighted by molar-refractivity contribution is 0.331. The summed E-state index contributed by atoms with van der Waals surface area (Å²) in [6, 6.07) is 10.5. The van der Waals surface area contributed by atoms with Crippen molar-refractivity contribution in [3.05, 3.63) is 53.9 Å². The molecule has 0 spiro atoms. The Hall–Kier alpha value is -1.98. The highest BCUT2D eigenvalue weighted by Crippen LogP contribution is 2.24. The second-order valence-electron chi connectivity index (χ2n) is 5.20. The Kier molecular flexibility index (Phi) is 4.13. The molecule has 0 aliphatic heterocycles. The summed E-state index contributed by atoms with van der Waals surface area (Å²) < 4.78 is 1.16. The van der Waals surface area contributed by atoms with Gasteiger partial charge in [-0.3, -0.25) is 4.98 Å². The smallest absolute Gasteiger partial charge is 0.181 e. The molecular formula is C16H18N4S. The molecule has 0 bridgehead atoms. The van der Waals surface area contributed by atoms with E-state index in [9.17, 15) is 0 Å². The van der Waals surface area contributed by atoms with Crippen molar-refractivity contribution in [1.29, 1.82) is 0 Å². The van der Waals surface area contributed by atoms with E-state index in [1.807, 2.05) is 18.5 Å². The normalized spacial score (nSPS) is 11.3. The average molecular weight is 298 g/mol. The molecule has 0 aliphatic rings. The number of rotatable bonds is 5. The standard InChI is InChI=1S/C16H18N4S/c1-20(9-6-12-4-7-18-8-5-12)11-13-2-3-14-15(10-13)21-16(17)19-14/h2-5,7-8,10H,6,9,11H2,1H3,(H2,17,19). The van der Waals surface area contributed by atoms with Gasteiger partial charge in [0.2, 0.25) is 0 Å². The van der Waals surface area contributed by atoms with Crippen molar-refractivity contribution in [2.45, 2.75) is 13.0 Å². The minimum absolute atomic E-state index is 0.633. The van der Waals surface area contributed by atoms with Crippen LogP contribution < -0.4 is 5.73 Å². The van der Waals surface area contributed by atoms with Gasteiger partial charge in [-0.1, -0.05) is 17.4 Å². The molecule has 0 radical (unpaired) electrons. The van der Waals surface area contributed by atoms with Crippen molar-refractivity contribution in [2.75, 3.05) is 19.3 Å². The predicted molar refractivity (Wildman–Crippen MR) is 88.3 cm³/mol. The number of nitrogens with two attached hydrogens (primary N) is 1. The van der Waals surface area contributed by atoms with Gasteiger partial charge in [0.1, 0.15) is 0 Å². The number of hydrogen-bond donors (Lipinski definition) is 1. The number of nitrogen functional groups attached to an aromatic ring is 1. The Morgan fingerprint density at radius 3 is 2.76 bits per heavy atom. The van der Waals surface area contributed by atoms with E-state index in [-0.39, 0.29) is 0 Å². The fourth-order valence-electron chi connectivity index (χ4n) is 2.35. The minimum atomic E-state index is 0.633. The first-order chi connectivity index (χ1) is 10.2. The van der Waals surface area contributed by atoms with Crippen molar-refractivity contribution >= 4 is 26.7 Å². The van der Waals surface area contributed by atoms with Crippen LogP contribution in [0.15, 0.2) is 42.7 Å². The maximum atomic E-state index is 5.75. The molecule has 2 heterocycles. The fourth-order valence-corrected chi connectivity index (χ4v) is 3.14. The number of nitrogens with zero attached hydrogens (tertiary/aromatic N) is 3. The first-order valence-corrected chi connectivity index (χ1v) is 7.75.